The Bertz CT molecular complexity index is 684. The molecule has 0 bridgehead atoms. The highest BCUT2D eigenvalue weighted by Gasteiger charge is 2.21. The molecule has 0 fully saturated rings. The Morgan fingerprint density at radius 1 is 1.48 bits per heavy atom. The van der Waals surface area contributed by atoms with Crippen molar-refractivity contribution in [3.8, 4) is 11.5 Å². The van der Waals surface area contributed by atoms with Crippen LogP contribution in [0.25, 0.3) is 0 Å². The Labute approximate surface area is 120 Å². The van der Waals surface area contributed by atoms with E-state index in [-0.39, 0.29) is 25.6 Å². The molecule has 0 radical (unpaired) electrons. The van der Waals surface area contributed by atoms with Crippen molar-refractivity contribution in [2.45, 2.75) is 13.5 Å². The van der Waals surface area contributed by atoms with Gasteiger partial charge in [0.15, 0.2) is 11.5 Å². The van der Waals surface area contributed by atoms with E-state index in [1.54, 1.807) is 19.1 Å². The lowest BCUT2D eigenvalue weighted by Gasteiger charge is -2.08. The molecule has 1 aliphatic heterocycles. The minimum atomic E-state index is -0.734. The van der Waals surface area contributed by atoms with Gasteiger partial charge in [0.05, 0.1) is 13.2 Å². The van der Waals surface area contributed by atoms with Crippen LogP contribution in [0.4, 0.5) is 4.39 Å². The van der Waals surface area contributed by atoms with Gasteiger partial charge >= 0.3 is 5.97 Å². The fourth-order valence-electron chi connectivity index (χ4n) is 2.15. The smallest absolute Gasteiger partial charge is 0.356 e. The number of para-hydroxylation sites is 1. The van der Waals surface area contributed by atoms with Gasteiger partial charge < -0.3 is 14.2 Å². The molecule has 1 aromatic carbocycles. The number of benzene rings is 1. The van der Waals surface area contributed by atoms with Crippen LogP contribution < -0.4 is 9.47 Å². The fraction of sp³-hybridized carbons (Fsp3) is 0.286. The Morgan fingerprint density at radius 2 is 2.33 bits per heavy atom. The van der Waals surface area contributed by atoms with Crippen molar-refractivity contribution >= 4 is 5.97 Å². The van der Waals surface area contributed by atoms with Gasteiger partial charge in [0.2, 0.25) is 12.7 Å². The zero-order chi connectivity index (χ0) is 14.8. The molecule has 0 spiro atoms. The van der Waals surface area contributed by atoms with Gasteiger partial charge in [-0.3, -0.25) is 4.68 Å². The molecule has 1 aliphatic rings. The molecule has 0 saturated carbocycles. The number of rotatable bonds is 4. The summed E-state index contributed by atoms with van der Waals surface area (Å²) in [6, 6.07) is 6.44. The first-order chi connectivity index (χ1) is 10.2. The molecule has 0 N–H and O–H groups in total. The number of hydrogen-bond donors (Lipinski definition) is 0. The lowest BCUT2D eigenvalue weighted by molar-refractivity contribution is 0.0512. The minimum Gasteiger partial charge on any atom is -0.461 e. The monoisotopic (exact) mass is 292 g/mol. The number of nitrogens with zero attached hydrogens (tertiary/aromatic N) is 2. The van der Waals surface area contributed by atoms with E-state index in [1.807, 2.05) is 6.07 Å². The second kappa shape index (κ2) is 5.43. The molecular weight excluding hydrogens is 279 g/mol. The van der Waals surface area contributed by atoms with Crippen molar-refractivity contribution in [1.82, 2.24) is 9.78 Å². The normalized spacial score (nSPS) is 12.5. The van der Waals surface area contributed by atoms with Crippen LogP contribution in [0.3, 0.4) is 0 Å². The van der Waals surface area contributed by atoms with E-state index in [0.29, 0.717) is 11.5 Å². The van der Waals surface area contributed by atoms with E-state index in [1.165, 1.54) is 4.68 Å². The number of aromatic nitrogens is 2. The molecule has 0 amide bonds. The molecule has 0 aliphatic carbocycles. The summed E-state index contributed by atoms with van der Waals surface area (Å²) in [6.07, 6.45) is 0. The number of ether oxygens (including phenoxy) is 3. The van der Waals surface area contributed by atoms with E-state index in [9.17, 15) is 9.18 Å². The quantitative estimate of drug-likeness (QED) is 0.806. The van der Waals surface area contributed by atoms with E-state index >= 15 is 0 Å². The molecule has 2 heterocycles. The molecule has 21 heavy (non-hydrogen) atoms. The third kappa shape index (κ3) is 2.54. The van der Waals surface area contributed by atoms with Crippen molar-refractivity contribution in [1.29, 1.82) is 0 Å². The maximum Gasteiger partial charge on any atom is 0.356 e. The largest absolute Gasteiger partial charge is 0.461 e. The molecular formula is C14H13FN2O4. The Kier molecular flexibility index (Phi) is 3.47. The van der Waals surface area contributed by atoms with Gasteiger partial charge in [0.25, 0.3) is 0 Å². The van der Waals surface area contributed by atoms with Crippen LogP contribution in [0.5, 0.6) is 11.5 Å². The molecule has 0 atom stereocenters. The van der Waals surface area contributed by atoms with Crippen molar-refractivity contribution in [3.63, 3.8) is 0 Å². The van der Waals surface area contributed by atoms with Gasteiger partial charge in [-0.15, -0.1) is 5.10 Å². The second-order valence-electron chi connectivity index (χ2n) is 4.38. The number of fused-ring (bicyclic) bond motifs is 1. The molecule has 7 heteroatoms. The van der Waals surface area contributed by atoms with E-state index in [2.05, 4.69) is 5.10 Å². The maximum absolute atomic E-state index is 13.4. The summed E-state index contributed by atoms with van der Waals surface area (Å²) in [7, 11) is 0. The van der Waals surface area contributed by atoms with Crippen LogP contribution in [-0.4, -0.2) is 29.1 Å². The van der Waals surface area contributed by atoms with E-state index < -0.39 is 11.9 Å². The average molecular weight is 292 g/mol. The summed E-state index contributed by atoms with van der Waals surface area (Å²) < 4.78 is 30.2. The first-order valence-electron chi connectivity index (χ1n) is 6.47. The second-order valence-corrected chi connectivity index (χ2v) is 4.38. The first kappa shape index (κ1) is 13.4. The van der Waals surface area contributed by atoms with Gasteiger partial charge in [-0.25, -0.2) is 4.79 Å². The van der Waals surface area contributed by atoms with Crippen LogP contribution in [0.15, 0.2) is 24.3 Å². The van der Waals surface area contributed by atoms with Crippen molar-refractivity contribution in [2.75, 3.05) is 13.4 Å². The highest BCUT2D eigenvalue weighted by molar-refractivity contribution is 5.87. The van der Waals surface area contributed by atoms with Crippen molar-refractivity contribution in [3.05, 3.63) is 41.5 Å². The molecule has 2 aromatic rings. The summed E-state index contributed by atoms with van der Waals surface area (Å²) in [6.45, 7) is 2.22. The van der Waals surface area contributed by atoms with Crippen molar-refractivity contribution < 1.29 is 23.4 Å². The maximum atomic E-state index is 13.4. The summed E-state index contributed by atoms with van der Waals surface area (Å²) in [5, 5.41) is 3.69. The lowest BCUT2D eigenvalue weighted by Crippen LogP contribution is -2.14. The summed E-state index contributed by atoms with van der Waals surface area (Å²) in [4.78, 5) is 11.8. The van der Waals surface area contributed by atoms with Crippen LogP contribution >= 0.6 is 0 Å². The van der Waals surface area contributed by atoms with Crippen molar-refractivity contribution in [2.24, 2.45) is 0 Å². The number of carbonyl (C=O) groups is 1. The highest BCUT2D eigenvalue weighted by Crippen LogP contribution is 2.35. The van der Waals surface area contributed by atoms with E-state index in [0.717, 1.165) is 11.6 Å². The number of hydrogen-bond acceptors (Lipinski definition) is 5. The predicted octanol–water partition coefficient (Wildman–Crippen LogP) is 1.98. The van der Waals surface area contributed by atoms with Gasteiger partial charge in [-0.05, 0) is 13.0 Å². The standard InChI is InChI=1S/C14H13FN2O4/c1-2-19-14(18)10-6-12(15)16-17(10)7-9-4-3-5-11-13(9)21-8-20-11/h3-6H,2,7-8H2,1H3. The molecule has 3 rings (SSSR count). The van der Waals surface area contributed by atoms with Gasteiger partial charge in [0, 0.05) is 11.6 Å². The number of halogens is 1. The molecule has 0 saturated heterocycles. The summed E-state index contributed by atoms with van der Waals surface area (Å²) in [5.41, 5.74) is 0.810. The SMILES string of the molecule is CCOC(=O)c1cc(F)nn1Cc1cccc2c1OCO2. The Balaban J connectivity index is 1.92. The topological polar surface area (TPSA) is 62.6 Å². The third-order valence-electron chi connectivity index (χ3n) is 3.03. The summed E-state index contributed by atoms with van der Waals surface area (Å²) in [5.74, 6) is -0.137. The zero-order valence-corrected chi connectivity index (χ0v) is 11.3. The van der Waals surface area contributed by atoms with E-state index in [4.69, 9.17) is 14.2 Å². The van der Waals surface area contributed by atoms with Crippen LogP contribution in [0.1, 0.15) is 23.0 Å². The summed E-state index contributed by atoms with van der Waals surface area (Å²) >= 11 is 0. The Morgan fingerprint density at radius 3 is 3.14 bits per heavy atom. The number of carbonyl (C=O) groups excluding carboxylic acids is 1. The average Bonchev–Trinajstić information content (AvgIpc) is 3.06. The van der Waals surface area contributed by atoms with Gasteiger partial charge in [-0.2, -0.15) is 4.39 Å². The highest BCUT2D eigenvalue weighted by atomic mass is 19.1. The van der Waals surface area contributed by atoms with Gasteiger partial charge in [0.1, 0.15) is 5.69 Å². The molecule has 0 unspecified atom stereocenters. The molecule has 110 valence electrons. The fourth-order valence-corrected chi connectivity index (χ4v) is 2.15. The predicted molar refractivity (Wildman–Crippen MR) is 69.8 cm³/mol. The Hall–Kier alpha value is -2.57. The van der Waals surface area contributed by atoms with Crippen LogP contribution in [-0.2, 0) is 11.3 Å². The van der Waals surface area contributed by atoms with Crippen LogP contribution in [0.2, 0.25) is 0 Å². The van der Waals surface area contributed by atoms with Crippen LogP contribution in [0, 0.1) is 5.95 Å². The zero-order valence-electron chi connectivity index (χ0n) is 11.3. The molecule has 1 aromatic heterocycles. The van der Waals surface area contributed by atoms with Gasteiger partial charge in [-0.1, -0.05) is 12.1 Å². The minimum absolute atomic E-state index is 0.0610. The third-order valence-corrected chi connectivity index (χ3v) is 3.03. The lowest BCUT2D eigenvalue weighted by atomic mass is 10.2. The molecule has 6 nitrogen and oxygen atoms in total. The first-order valence-corrected chi connectivity index (χ1v) is 6.47. The number of esters is 1.